The Kier molecular flexibility index (Phi) is 7.78. The van der Waals surface area contributed by atoms with E-state index in [9.17, 15) is 19.8 Å². The van der Waals surface area contributed by atoms with Crippen molar-refractivity contribution in [3.8, 4) is 0 Å². The van der Waals surface area contributed by atoms with E-state index in [2.05, 4.69) is 10.3 Å². The molecular weight excluding hydrogens is 376 g/mol. The van der Waals surface area contributed by atoms with E-state index in [4.69, 9.17) is 9.47 Å². The van der Waals surface area contributed by atoms with Crippen LogP contribution in [0.3, 0.4) is 0 Å². The number of esters is 1. The van der Waals surface area contributed by atoms with Crippen LogP contribution in [0.1, 0.15) is 39.2 Å². The normalized spacial score (nSPS) is 17.3. The van der Waals surface area contributed by atoms with Gasteiger partial charge in [-0.25, -0.2) is 9.59 Å². The van der Waals surface area contributed by atoms with E-state index >= 15 is 0 Å². The minimum Gasteiger partial charge on any atom is -0.507 e. The highest BCUT2D eigenvalue weighted by atomic mass is 16.6. The third kappa shape index (κ3) is 6.90. The number of hydrogen-bond acceptors (Lipinski definition) is 7. The minimum atomic E-state index is -1.07. The Labute approximate surface area is 170 Å². The lowest BCUT2D eigenvalue weighted by molar-refractivity contribution is -0.141. The van der Waals surface area contributed by atoms with Gasteiger partial charge in [-0.2, -0.15) is 0 Å². The Balaban J connectivity index is 2.07. The fraction of sp³-hybridized carbons (Fsp3) is 0.476. The number of rotatable bonds is 8. The van der Waals surface area contributed by atoms with E-state index in [0.717, 1.165) is 5.56 Å². The second kappa shape index (κ2) is 10.1. The SMILES string of the molecule is CC(C)(C)OC(=O)NCCCC(=NCc1ccccc1)C1=C(O)C(CO)OC1=O. The number of cyclic esters (lactones) is 1. The Morgan fingerprint density at radius 2 is 1.97 bits per heavy atom. The maximum Gasteiger partial charge on any atom is 0.407 e. The molecule has 1 aromatic carbocycles. The molecule has 0 bridgehead atoms. The number of nitrogens with one attached hydrogen (secondary N) is 1. The Morgan fingerprint density at radius 1 is 1.28 bits per heavy atom. The van der Waals surface area contributed by atoms with Gasteiger partial charge in [-0.05, 0) is 39.2 Å². The zero-order valence-electron chi connectivity index (χ0n) is 17.0. The fourth-order valence-corrected chi connectivity index (χ4v) is 2.71. The van der Waals surface area contributed by atoms with Crippen LogP contribution in [0.15, 0.2) is 46.7 Å². The van der Waals surface area contributed by atoms with Crippen LogP contribution in [0.5, 0.6) is 0 Å². The van der Waals surface area contributed by atoms with Gasteiger partial charge < -0.3 is 25.0 Å². The van der Waals surface area contributed by atoms with Crippen molar-refractivity contribution >= 4 is 17.8 Å². The molecule has 158 valence electrons. The monoisotopic (exact) mass is 404 g/mol. The first-order valence-electron chi connectivity index (χ1n) is 9.50. The van der Waals surface area contributed by atoms with Crippen molar-refractivity contribution in [1.82, 2.24) is 5.32 Å². The van der Waals surface area contributed by atoms with E-state index < -0.39 is 30.4 Å². The molecular formula is C21H28N2O6. The standard InChI is InChI=1S/C21H28N2O6/c1-21(2,3)29-20(27)22-11-7-10-15(23-12-14-8-5-4-6-9-14)17-18(25)16(13-24)28-19(17)26/h4-6,8-9,16,24-25H,7,10-13H2,1-3H3,(H,22,27). The number of aliphatic hydroxyl groups excluding tert-OH is 2. The van der Waals surface area contributed by atoms with Gasteiger partial charge in [-0.1, -0.05) is 30.3 Å². The summed E-state index contributed by atoms with van der Waals surface area (Å²) in [7, 11) is 0. The molecule has 1 heterocycles. The highest BCUT2D eigenvalue weighted by Crippen LogP contribution is 2.24. The third-order valence-electron chi connectivity index (χ3n) is 4.02. The van der Waals surface area contributed by atoms with Gasteiger partial charge in [0.1, 0.15) is 11.2 Å². The number of aliphatic imine (C=N–C) groups is 1. The van der Waals surface area contributed by atoms with Gasteiger partial charge in [0.05, 0.1) is 18.9 Å². The molecule has 0 saturated heterocycles. The molecule has 0 saturated carbocycles. The molecule has 1 amide bonds. The zero-order valence-corrected chi connectivity index (χ0v) is 17.0. The molecule has 3 N–H and O–H groups in total. The summed E-state index contributed by atoms with van der Waals surface area (Å²) in [6.07, 6.45) is -0.794. The van der Waals surface area contributed by atoms with Crippen molar-refractivity contribution in [2.24, 2.45) is 4.99 Å². The molecule has 8 heteroatoms. The van der Waals surface area contributed by atoms with Gasteiger partial charge in [0.15, 0.2) is 11.9 Å². The summed E-state index contributed by atoms with van der Waals surface area (Å²) in [5.41, 5.74) is 0.716. The van der Waals surface area contributed by atoms with Crippen LogP contribution in [0, 0.1) is 0 Å². The Morgan fingerprint density at radius 3 is 2.55 bits per heavy atom. The topological polar surface area (TPSA) is 117 Å². The summed E-state index contributed by atoms with van der Waals surface area (Å²) in [4.78, 5) is 28.4. The number of alkyl carbamates (subject to hydrolysis) is 1. The second-order valence-electron chi connectivity index (χ2n) is 7.62. The highest BCUT2D eigenvalue weighted by Gasteiger charge is 2.36. The molecule has 0 fully saturated rings. The smallest absolute Gasteiger partial charge is 0.407 e. The molecule has 0 spiro atoms. The number of nitrogens with zero attached hydrogens (tertiary/aromatic N) is 1. The van der Waals surface area contributed by atoms with Gasteiger partial charge in [0, 0.05) is 6.54 Å². The molecule has 1 aliphatic heterocycles. The number of hydrogen-bond donors (Lipinski definition) is 3. The fourth-order valence-electron chi connectivity index (χ4n) is 2.71. The summed E-state index contributed by atoms with van der Waals surface area (Å²) in [5.74, 6) is -1.03. The number of aliphatic hydroxyl groups is 2. The molecule has 0 radical (unpaired) electrons. The molecule has 1 unspecified atom stereocenters. The van der Waals surface area contributed by atoms with Gasteiger partial charge in [0.2, 0.25) is 0 Å². The first-order chi connectivity index (χ1) is 13.7. The van der Waals surface area contributed by atoms with Crippen molar-refractivity contribution in [3.63, 3.8) is 0 Å². The lowest BCUT2D eigenvalue weighted by Crippen LogP contribution is -2.33. The Bertz CT molecular complexity index is 780. The van der Waals surface area contributed by atoms with Crippen molar-refractivity contribution < 1.29 is 29.3 Å². The van der Waals surface area contributed by atoms with E-state index in [1.807, 2.05) is 30.3 Å². The molecule has 0 aromatic heterocycles. The average Bonchev–Trinajstić information content (AvgIpc) is 2.94. The molecule has 1 aliphatic rings. The van der Waals surface area contributed by atoms with Crippen LogP contribution in [0.4, 0.5) is 4.79 Å². The molecule has 29 heavy (non-hydrogen) atoms. The molecule has 1 aromatic rings. The molecule has 1 atom stereocenters. The number of benzene rings is 1. The predicted molar refractivity (Wildman–Crippen MR) is 108 cm³/mol. The summed E-state index contributed by atoms with van der Waals surface area (Å²) in [5, 5.41) is 22.2. The summed E-state index contributed by atoms with van der Waals surface area (Å²) in [6.45, 7) is 5.46. The number of carbonyl (C=O) groups excluding carboxylic acids is 2. The van der Waals surface area contributed by atoms with E-state index in [-0.39, 0.29) is 11.3 Å². The van der Waals surface area contributed by atoms with Gasteiger partial charge in [-0.3, -0.25) is 4.99 Å². The van der Waals surface area contributed by atoms with Crippen LogP contribution < -0.4 is 5.32 Å². The Hall–Kier alpha value is -2.87. The number of carbonyl (C=O) groups is 2. The summed E-state index contributed by atoms with van der Waals surface area (Å²) < 4.78 is 10.2. The van der Waals surface area contributed by atoms with Crippen LogP contribution in [-0.2, 0) is 20.8 Å². The van der Waals surface area contributed by atoms with Gasteiger partial charge in [-0.15, -0.1) is 0 Å². The van der Waals surface area contributed by atoms with Crippen molar-refractivity contribution in [2.75, 3.05) is 13.2 Å². The predicted octanol–water partition coefficient (Wildman–Crippen LogP) is 2.66. The molecule has 8 nitrogen and oxygen atoms in total. The molecule has 0 aliphatic carbocycles. The van der Waals surface area contributed by atoms with Crippen LogP contribution in [-0.4, -0.2) is 52.8 Å². The van der Waals surface area contributed by atoms with Crippen LogP contribution in [0.25, 0.3) is 0 Å². The summed E-state index contributed by atoms with van der Waals surface area (Å²) in [6, 6.07) is 9.48. The van der Waals surface area contributed by atoms with Crippen molar-refractivity contribution in [2.45, 2.75) is 51.9 Å². The van der Waals surface area contributed by atoms with E-state index in [1.54, 1.807) is 20.8 Å². The quantitative estimate of drug-likeness (QED) is 0.348. The minimum absolute atomic E-state index is 0.0164. The molecule has 2 rings (SSSR count). The van der Waals surface area contributed by atoms with Gasteiger partial charge in [0.25, 0.3) is 0 Å². The van der Waals surface area contributed by atoms with E-state index in [0.29, 0.717) is 31.6 Å². The van der Waals surface area contributed by atoms with E-state index in [1.165, 1.54) is 0 Å². The largest absolute Gasteiger partial charge is 0.507 e. The summed E-state index contributed by atoms with van der Waals surface area (Å²) >= 11 is 0. The van der Waals surface area contributed by atoms with Crippen molar-refractivity contribution in [3.05, 3.63) is 47.2 Å². The van der Waals surface area contributed by atoms with Crippen LogP contribution in [0.2, 0.25) is 0 Å². The van der Waals surface area contributed by atoms with Crippen molar-refractivity contribution in [1.29, 1.82) is 0 Å². The average molecular weight is 404 g/mol. The van der Waals surface area contributed by atoms with Crippen LogP contribution >= 0.6 is 0 Å². The number of ether oxygens (including phenoxy) is 2. The first kappa shape index (κ1) is 22.4. The van der Waals surface area contributed by atoms with Gasteiger partial charge >= 0.3 is 12.1 Å². The maximum atomic E-state index is 12.2. The lowest BCUT2D eigenvalue weighted by atomic mass is 10.0. The second-order valence-corrected chi connectivity index (χ2v) is 7.62. The lowest BCUT2D eigenvalue weighted by Gasteiger charge is -2.19. The first-order valence-corrected chi connectivity index (χ1v) is 9.50. The number of amides is 1. The third-order valence-corrected chi connectivity index (χ3v) is 4.02. The maximum absolute atomic E-state index is 12.2. The zero-order chi connectivity index (χ0) is 21.4. The highest BCUT2D eigenvalue weighted by molar-refractivity contribution is 6.21.